The van der Waals surface area contributed by atoms with Crippen LogP contribution in [0.3, 0.4) is 0 Å². The van der Waals surface area contributed by atoms with Crippen LogP contribution < -0.4 is 15.4 Å². The quantitative estimate of drug-likeness (QED) is 0.0843. The number of aliphatic hydroxyl groups is 1. The van der Waals surface area contributed by atoms with E-state index in [4.69, 9.17) is 27.9 Å². The molecule has 1 heterocycles. The SMILES string of the molecule is C=IS(=O)(=NC(=O)OCC)c1cccc(Nc2ncc(-c3ccc(NS(=O)(=O)c4cccc(Cl)c4Cl)c(F)c3)c(N[C@H](C)CO)n2)c1. The van der Waals surface area contributed by atoms with Gasteiger partial charge in [0.05, 0.1) is 33.8 Å². The zero-order valence-electron chi connectivity index (χ0n) is 24.7. The van der Waals surface area contributed by atoms with Crippen LogP contribution in [0.2, 0.25) is 10.0 Å². The van der Waals surface area contributed by atoms with Gasteiger partial charge in [-0.25, -0.2) is 26.8 Å². The van der Waals surface area contributed by atoms with Crippen LogP contribution in [-0.4, -0.2) is 57.6 Å². The number of amides is 1. The van der Waals surface area contributed by atoms with E-state index in [1.54, 1.807) is 38.1 Å². The highest BCUT2D eigenvalue weighted by atomic mass is 127. The second kappa shape index (κ2) is 15.7. The fraction of sp³-hybridized carbons (Fsp3) is 0.172. The van der Waals surface area contributed by atoms with Gasteiger partial charge in [-0.3, -0.25) is 4.72 Å². The number of aliphatic hydroxyl groups excluding tert-OH is 1. The summed E-state index contributed by atoms with van der Waals surface area (Å²) in [5, 5.41) is 15.6. The molecule has 4 aromatic rings. The number of sulfonamides is 1. The number of nitrogens with zero attached hydrogens (tertiary/aromatic N) is 3. The molecule has 4 rings (SSSR count). The molecule has 1 amide bonds. The molecule has 3 aromatic carbocycles. The van der Waals surface area contributed by atoms with Crippen molar-refractivity contribution in [3.8, 4) is 11.1 Å². The lowest BCUT2D eigenvalue weighted by Crippen LogP contribution is -2.21. The number of hydrogen-bond acceptors (Lipinski definition) is 10. The summed E-state index contributed by atoms with van der Waals surface area (Å²) in [6, 6.07) is 13.8. The van der Waals surface area contributed by atoms with Gasteiger partial charge in [-0.15, -0.1) is 4.36 Å². The van der Waals surface area contributed by atoms with Crippen LogP contribution in [0.1, 0.15) is 13.8 Å². The van der Waals surface area contributed by atoms with Crippen LogP contribution in [-0.2, 0) is 21.7 Å². The molecular formula is C29H28Cl2FIN6O6S2. The predicted octanol–water partition coefficient (Wildman–Crippen LogP) is 7.23. The second-order valence-electron chi connectivity index (χ2n) is 9.55. The van der Waals surface area contributed by atoms with Crippen LogP contribution in [0.5, 0.6) is 0 Å². The molecule has 0 aliphatic carbocycles. The molecule has 47 heavy (non-hydrogen) atoms. The highest BCUT2D eigenvalue weighted by Gasteiger charge is 2.22. The van der Waals surface area contributed by atoms with Gasteiger partial charge in [0.25, 0.3) is 10.0 Å². The first-order valence-electron chi connectivity index (χ1n) is 13.5. The van der Waals surface area contributed by atoms with E-state index in [-0.39, 0.29) is 50.5 Å². The first kappa shape index (κ1) is 36.4. The smallest absolute Gasteiger partial charge is 0.442 e. The molecule has 4 N–H and O–H groups in total. The third-order valence-electron chi connectivity index (χ3n) is 6.16. The minimum Gasteiger partial charge on any atom is -0.448 e. The van der Waals surface area contributed by atoms with Gasteiger partial charge in [0, 0.05) is 23.5 Å². The Labute approximate surface area is 289 Å². The Kier molecular flexibility index (Phi) is 12.1. The van der Waals surface area contributed by atoms with E-state index in [1.165, 1.54) is 36.5 Å². The minimum absolute atomic E-state index is 0.0249. The van der Waals surface area contributed by atoms with E-state index >= 15 is 4.39 Å². The first-order chi connectivity index (χ1) is 22.3. The Balaban J connectivity index is 1.66. The largest absolute Gasteiger partial charge is 0.448 e. The number of ether oxygens (including phenoxy) is 1. The van der Waals surface area contributed by atoms with E-state index in [1.807, 2.05) is 0 Å². The Bertz CT molecular complexity index is 2060. The molecule has 0 saturated heterocycles. The number of aromatic nitrogens is 2. The van der Waals surface area contributed by atoms with Crippen molar-refractivity contribution in [3.05, 3.63) is 82.7 Å². The monoisotopic (exact) mass is 836 g/mol. The molecule has 0 aliphatic heterocycles. The van der Waals surface area contributed by atoms with Crippen LogP contribution >= 0.6 is 42.5 Å². The summed E-state index contributed by atoms with van der Waals surface area (Å²) >= 11 is 10.7. The fourth-order valence-electron chi connectivity index (χ4n) is 3.94. The molecular weight excluding hydrogens is 809 g/mol. The standard InChI is InChI=1S/C29H28Cl2FIN6O6S2/c1-4-45-29(41)39-46(42,33-3)20-8-5-7-19(14-20)36-28-34-15-21(27(37-28)35-17(2)16-40)18-11-12-24(23(32)13-18)38-47(43,44)25-10-6-9-22(30)26(25)31/h5-15,17,38,40H,3-4,16H2,1-2H3,(H2,34,35,36,37)/t17-,46?/m1/s1. The molecule has 0 fully saturated rings. The fourth-order valence-corrected chi connectivity index (χ4v) is 9.62. The van der Waals surface area contributed by atoms with Crippen LogP contribution in [0.25, 0.3) is 11.1 Å². The minimum atomic E-state index is -4.28. The molecule has 0 aliphatic rings. The number of carbonyl (C=O) groups excluding carboxylic acids is 1. The van der Waals surface area contributed by atoms with Crippen molar-refractivity contribution in [2.24, 2.45) is 4.36 Å². The zero-order chi connectivity index (χ0) is 34.4. The van der Waals surface area contributed by atoms with Gasteiger partial charge in [-0.05, 0) is 81.2 Å². The Hall–Kier alpha value is -3.42. The zero-order valence-corrected chi connectivity index (χ0v) is 30.0. The van der Waals surface area contributed by atoms with Gasteiger partial charge in [0.1, 0.15) is 23.4 Å². The average molecular weight is 838 g/mol. The van der Waals surface area contributed by atoms with Gasteiger partial charge in [-0.1, -0.05) is 45.9 Å². The molecule has 1 aromatic heterocycles. The number of nitrogens with one attached hydrogen (secondary N) is 3. The van der Waals surface area contributed by atoms with Crippen LogP contribution in [0, 0.1) is 5.82 Å². The summed E-state index contributed by atoms with van der Waals surface area (Å²) < 4.78 is 69.2. The van der Waals surface area contributed by atoms with Crippen molar-refractivity contribution < 1.29 is 31.7 Å². The van der Waals surface area contributed by atoms with E-state index in [0.29, 0.717) is 16.8 Å². The third-order valence-corrected chi connectivity index (χ3v) is 14.7. The van der Waals surface area contributed by atoms with E-state index < -0.39 is 54.2 Å². The summed E-state index contributed by atoms with van der Waals surface area (Å²) in [5.74, 6) is -0.572. The number of halogens is 4. The molecule has 0 spiro atoms. The normalized spacial score (nSPS) is 13.2. The summed E-state index contributed by atoms with van der Waals surface area (Å²) in [5.41, 5.74) is 0.738. The molecule has 2 atom stereocenters. The Morgan fingerprint density at radius 1 is 1.15 bits per heavy atom. The lowest BCUT2D eigenvalue weighted by Gasteiger charge is -2.17. The highest BCUT2D eigenvalue weighted by molar-refractivity contribution is 14.2. The molecule has 12 nitrogen and oxygen atoms in total. The average Bonchev–Trinajstić information content (AvgIpc) is 3.03. The first-order valence-corrected chi connectivity index (χ1v) is 21.3. The van der Waals surface area contributed by atoms with Crippen molar-refractivity contribution >= 4 is 93.2 Å². The number of anilines is 4. The van der Waals surface area contributed by atoms with Gasteiger partial charge in [-0.2, -0.15) is 4.98 Å². The number of carbonyl (C=O) groups is 1. The van der Waals surface area contributed by atoms with Gasteiger partial charge < -0.3 is 20.5 Å². The molecule has 18 heteroatoms. The van der Waals surface area contributed by atoms with E-state index in [2.05, 4.69) is 34.2 Å². The van der Waals surface area contributed by atoms with E-state index in [0.717, 1.165) is 6.07 Å². The highest BCUT2D eigenvalue weighted by Crippen LogP contribution is 2.34. The molecule has 0 saturated carbocycles. The van der Waals surface area contributed by atoms with Crippen LogP contribution in [0.4, 0.5) is 32.3 Å². The van der Waals surface area contributed by atoms with Crippen molar-refractivity contribution in [2.45, 2.75) is 29.7 Å². The Morgan fingerprint density at radius 2 is 1.89 bits per heavy atom. The molecule has 1 unspecified atom stereocenters. The van der Waals surface area contributed by atoms with Crippen molar-refractivity contribution in [3.63, 3.8) is 0 Å². The molecule has 0 bridgehead atoms. The lowest BCUT2D eigenvalue weighted by molar-refractivity contribution is 0.164. The van der Waals surface area contributed by atoms with Gasteiger partial charge >= 0.3 is 6.09 Å². The predicted molar refractivity (Wildman–Crippen MR) is 192 cm³/mol. The molecule has 0 radical (unpaired) electrons. The lowest BCUT2D eigenvalue weighted by atomic mass is 10.1. The number of benzene rings is 3. The number of rotatable bonds is 12. The maximum absolute atomic E-state index is 15.3. The van der Waals surface area contributed by atoms with Gasteiger partial charge in [0.2, 0.25) is 5.95 Å². The third kappa shape index (κ3) is 8.94. The summed E-state index contributed by atoms with van der Waals surface area (Å²) in [4.78, 5) is 20.8. The van der Waals surface area contributed by atoms with Crippen LogP contribution in [0.15, 0.2) is 81.0 Å². The summed E-state index contributed by atoms with van der Waals surface area (Å²) in [7, 11) is -4.28. The molecule has 250 valence electrons. The topological polar surface area (TPSA) is 172 Å². The summed E-state index contributed by atoms with van der Waals surface area (Å²) in [6.07, 6.45) is 0.482. The van der Waals surface area contributed by atoms with Crippen molar-refractivity contribution in [1.82, 2.24) is 9.97 Å². The van der Waals surface area contributed by atoms with Crippen molar-refractivity contribution in [1.29, 1.82) is 0 Å². The van der Waals surface area contributed by atoms with E-state index in [9.17, 15) is 22.5 Å². The van der Waals surface area contributed by atoms with Crippen molar-refractivity contribution in [2.75, 3.05) is 28.6 Å². The van der Waals surface area contributed by atoms with Gasteiger partial charge in [0.15, 0.2) is 0 Å². The summed E-state index contributed by atoms with van der Waals surface area (Å²) in [6.45, 7) is 0.0418. The second-order valence-corrected chi connectivity index (χ2v) is 19.2. The maximum atomic E-state index is 15.3. The number of hydrogen-bond donors (Lipinski definition) is 4. The Morgan fingerprint density at radius 3 is 2.57 bits per heavy atom. The maximum Gasteiger partial charge on any atom is 0.442 e.